The first kappa shape index (κ1) is 11.1. The number of aliphatic hydroxyl groups excluding tert-OH is 1. The van der Waals surface area contributed by atoms with Gasteiger partial charge in [0, 0.05) is 11.4 Å². The van der Waals surface area contributed by atoms with Crippen molar-refractivity contribution >= 4 is 17.4 Å². The molecule has 14 heavy (non-hydrogen) atoms. The van der Waals surface area contributed by atoms with Crippen molar-refractivity contribution in [3.05, 3.63) is 22.9 Å². The van der Waals surface area contributed by atoms with Crippen molar-refractivity contribution in [2.75, 3.05) is 5.73 Å². The molecule has 0 bridgehead atoms. The van der Waals surface area contributed by atoms with Gasteiger partial charge in [0.05, 0.1) is 12.3 Å². The Kier molecular flexibility index (Phi) is 3.60. The van der Waals surface area contributed by atoms with E-state index in [4.69, 9.17) is 22.4 Å². The van der Waals surface area contributed by atoms with Crippen molar-refractivity contribution in [3.63, 3.8) is 0 Å². The molecule has 0 radical (unpaired) electrons. The molecule has 0 aliphatic carbocycles. The number of aromatic nitrogens is 1. The van der Waals surface area contributed by atoms with E-state index in [2.05, 4.69) is 4.98 Å². The molecule has 0 amide bonds. The summed E-state index contributed by atoms with van der Waals surface area (Å²) in [7, 11) is 0. The summed E-state index contributed by atoms with van der Waals surface area (Å²) in [5.41, 5.74) is 5.12. The Morgan fingerprint density at radius 1 is 1.57 bits per heavy atom. The number of hydrogen-bond acceptors (Lipinski definition) is 3. The lowest BCUT2D eigenvalue weighted by atomic mass is 10.1. The molecule has 0 aliphatic rings. The molecule has 1 heterocycles. The van der Waals surface area contributed by atoms with Crippen LogP contribution in [0.1, 0.15) is 23.2 Å². The number of nitrogens with two attached hydrogens (primary N) is 1. The van der Waals surface area contributed by atoms with Crippen LogP contribution in [0.25, 0.3) is 0 Å². The van der Waals surface area contributed by atoms with E-state index in [0.29, 0.717) is 0 Å². The molecule has 0 fully saturated rings. The number of anilines is 1. The summed E-state index contributed by atoms with van der Waals surface area (Å²) in [6.45, 7) is -0.575. The van der Waals surface area contributed by atoms with Gasteiger partial charge in [0.15, 0.2) is 0 Å². The van der Waals surface area contributed by atoms with Crippen LogP contribution in [0.4, 0.5) is 14.6 Å². The van der Waals surface area contributed by atoms with Crippen molar-refractivity contribution in [1.82, 2.24) is 4.98 Å². The number of pyridine rings is 1. The zero-order valence-electron chi connectivity index (χ0n) is 7.17. The third-order valence-corrected chi connectivity index (χ3v) is 2.04. The minimum atomic E-state index is -2.71. The fraction of sp³-hybridized carbons (Fsp3) is 0.375. The summed E-state index contributed by atoms with van der Waals surface area (Å²) in [4.78, 5) is 3.61. The average Bonchev–Trinajstić information content (AvgIpc) is 2.15. The van der Waals surface area contributed by atoms with Gasteiger partial charge in [-0.15, -0.1) is 11.6 Å². The van der Waals surface area contributed by atoms with Crippen LogP contribution in [-0.2, 0) is 12.5 Å². The molecule has 0 atom stereocenters. The van der Waals surface area contributed by atoms with Crippen molar-refractivity contribution in [1.29, 1.82) is 0 Å². The van der Waals surface area contributed by atoms with Gasteiger partial charge in [-0.1, -0.05) is 0 Å². The smallest absolute Gasteiger partial charge is 0.266 e. The van der Waals surface area contributed by atoms with Crippen LogP contribution in [0.15, 0.2) is 6.07 Å². The van der Waals surface area contributed by atoms with Gasteiger partial charge in [-0.05, 0) is 11.6 Å². The maximum Gasteiger partial charge on any atom is 0.266 e. The number of aliphatic hydroxyl groups is 1. The first-order chi connectivity index (χ1) is 6.60. The van der Waals surface area contributed by atoms with Crippen molar-refractivity contribution in [2.45, 2.75) is 18.9 Å². The predicted molar refractivity (Wildman–Crippen MR) is 49.1 cm³/mol. The number of nitrogen functional groups attached to an aromatic ring is 1. The van der Waals surface area contributed by atoms with Crippen LogP contribution in [0.3, 0.4) is 0 Å². The Balaban J connectivity index is 3.33. The van der Waals surface area contributed by atoms with E-state index in [-0.39, 0.29) is 28.5 Å². The highest BCUT2D eigenvalue weighted by molar-refractivity contribution is 6.17. The summed E-state index contributed by atoms with van der Waals surface area (Å²) in [6.07, 6.45) is -2.71. The molecule has 1 aromatic heterocycles. The van der Waals surface area contributed by atoms with Crippen LogP contribution in [0.5, 0.6) is 0 Å². The third kappa shape index (κ3) is 2.10. The Morgan fingerprint density at radius 2 is 2.21 bits per heavy atom. The third-order valence-electron chi connectivity index (χ3n) is 1.75. The molecule has 0 saturated carbocycles. The van der Waals surface area contributed by atoms with Gasteiger partial charge in [-0.2, -0.15) is 0 Å². The van der Waals surface area contributed by atoms with Gasteiger partial charge < -0.3 is 10.8 Å². The summed E-state index contributed by atoms with van der Waals surface area (Å²) < 4.78 is 25.1. The Labute approximate surface area is 84.5 Å². The Hall–Kier alpha value is -0.940. The Bertz CT molecular complexity index is 308. The quantitative estimate of drug-likeness (QED) is 0.768. The molecule has 1 rings (SSSR count). The van der Waals surface area contributed by atoms with E-state index in [1.54, 1.807) is 0 Å². The summed E-state index contributed by atoms with van der Waals surface area (Å²) in [6, 6.07) is 1.29. The Morgan fingerprint density at radius 3 is 2.64 bits per heavy atom. The fourth-order valence-corrected chi connectivity index (χ4v) is 1.41. The molecule has 3 nitrogen and oxygen atoms in total. The van der Waals surface area contributed by atoms with E-state index in [1.807, 2.05) is 0 Å². The zero-order valence-corrected chi connectivity index (χ0v) is 7.93. The van der Waals surface area contributed by atoms with Crippen LogP contribution < -0.4 is 5.73 Å². The van der Waals surface area contributed by atoms with Gasteiger partial charge >= 0.3 is 0 Å². The average molecular weight is 223 g/mol. The van der Waals surface area contributed by atoms with E-state index in [1.165, 1.54) is 6.07 Å². The van der Waals surface area contributed by atoms with Crippen molar-refractivity contribution in [3.8, 4) is 0 Å². The molecular weight excluding hydrogens is 214 g/mol. The zero-order chi connectivity index (χ0) is 10.7. The lowest BCUT2D eigenvalue weighted by Gasteiger charge is -2.11. The molecule has 0 saturated heterocycles. The maximum atomic E-state index is 12.5. The first-order valence-electron chi connectivity index (χ1n) is 3.83. The van der Waals surface area contributed by atoms with E-state index < -0.39 is 13.0 Å². The molecule has 0 aliphatic heterocycles. The van der Waals surface area contributed by atoms with E-state index >= 15 is 0 Å². The number of hydrogen-bond donors (Lipinski definition) is 2. The fourth-order valence-electron chi connectivity index (χ4n) is 1.19. The van der Waals surface area contributed by atoms with Gasteiger partial charge in [-0.3, -0.25) is 0 Å². The van der Waals surface area contributed by atoms with Crippen molar-refractivity contribution in [2.24, 2.45) is 0 Å². The maximum absolute atomic E-state index is 12.5. The number of nitrogens with zero attached hydrogens (tertiary/aromatic N) is 1. The molecule has 3 N–H and O–H groups in total. The highest BCUT2D eigenvalue weighted by Gasteiger charge is 2.18. The number of halogens is 3. The highest BCUT2D eigenvalue weighted by Crippen LogP contribution is 2.28. The summed E-state index contributed by atoms with van der Waals surface area (Å²) >= 11 is 5.48. The first-order valence-corrected chi connectivity index (χ1v) is 4.36. The molecular formula is C8H9ClF2N2O. The predicted octanol–water partition coefficient (Wildman–Crippen LogP) is 1.83. The lowest BCUT2D eigenvalue weighted by Crippen LogP contribution is -2.05. The van der Waals surface area contributed by atoms with Crippen LogP contribution in [0.2, 0.25) is 0 Å². The molecule has 1 aromatic rings. The van der Waals surface area contributed by atoms with Gasteiger partial charge in [-0.25, -0.2) is 13.8 Å². The van der Waals surface area contributed by atoms with Gasteiger partial charge in [0.2, 0.25) is 0 Å². The van der Waals surface area contributed by atoms with E-state index in [9.17, 15) is 8.78 Å². The number of rotatable bonds is 3. The lowest BCUT2D eigenvalue weighted by molar-refractivity contribution is 0.145. The minimum absolute atomic E-state index is 0.0779. The van der Waals surface area contributed by atoms with Crippen LogP contribution in [0, 0.1) is 0 Å². The minimum Gasteiger partial charge on any atom is -0.390 e. The van der Waals surface area contributed by atoms with E-state index in [0.717, 1.165) is 0 Å². The summed E-state index contributed by atoms with van der Waals surface area (Å²) in [5, 5.41) is 8.82. The standard InChI is InChI=1S/C8H9ClF2N2O/c9-2-4-1-6(12)13-5(3-14)7(4)8(10)11/h1,8,14H,2-3H2,(H2,12,13). The SMILES string of the molecule is Nc1cc(CCl)c(C(F)F)c(CO)n1. The largest absolute Gasteiger partial charge is 0.390 e. The summed E-state index contributed by atoms with van der Waals surface area (Å²) in [5.74, 6) is -0.00606. The van der Waals surface area contributed by atoms with Gasteiger partial charge in [0.1, 0.15) is 5.82 Å². The number of alkyl halides is 3. The highest BCUT2D eigenvalue weighted by atomic mass is 35.5. The van der Waals surface area contributed by atoms with Crippen LogP contribution >= 0.6 is 11.6 Å². The monoisotopic (exact) mass is 222 g/mol. The second-order valence-corrected chi connectivity index (χ2v) is 2.93. The second-order valence-electron chi connectivity index (χ2n) is 2.66. The normalized spacial score (nSPS) is 10.9. The molecule has 0 spiro atoms. The molecule has 6 heteroatoms. The van der Waals surface area contributed by atoms with Gasteiger partial charge in [0.25, 0.3) is 6.43 Å². The van der Waals surface area contributed by atoms with Crippen LogP contribution in [-0.4, -0.2) is 10.1 Å². The second kappa shape index (κ2) is 4.52. The molecule has 78 valence electrons. The topological polar surface area (TPSA) is 59.1 Å². The molecule has 0 aromatic carbocycles. The molecule has 0 unspecified atom stereocenters. The van der Waals surface area contributed by atoms with Crippen molar-refractivity contribution < 1.29 is 13.9 Å².